The minimum absolute atomic E-state index is 0.129. The van der Waals surface area contributed by atoms with Crippen LogP contribution in [-0.2, 0) is 16.1 Å². The first-order chi connectivity index (χ1) is 12.9. The number of carbonyl (C=O) groups excluding carboxylic acids is 1. The summed E-state index contributed by atoms with van der Waals surface area (Å²) in [7, 11) is 0. The van der Waals surface area contributed by atoms with E-state index in [4.69, 9.17) is 4.74 Å². The molecule has 0 saturated carbocycles. The van der Waals surface area contributed by atoms with Crippen molar-refractivity contribution in [3.05, 3.63) is 51.9 Å². The molecule has 0 atom stereocenters. The summed E-state index contributed by atoms with van der Waals surface area (Å²) in [5.41, 5.74) is 2.87. The number of fused-ring (bicyclic) bond motifs is 1. The number of rotatable bonds is 6. The largest absolute Gasteiger partial charge is 0.464 e. The van der Waals surface area contributed by atoms with Crippen LogP contribution in [0, 0.1) is 5.92 Å². The molecule has 6 heteroatoms. The summed E-state index contributed by atoms with van der Waals surface area (Å²) in [6.45, 7) is 8.45. The lowest BCUT2D eigenvalue weighted by Crippen LogP contribution is -2.26. The second-order valence-corrected chi connectivity index (χ2v) is 8.22. The predicted octanol–water partition coefficient (Wildman–Crippen LogP) is 4.45. The van der Waals surface area contributed by atoms with Gasteiger partial charge in [0, 0.05) is 10.9 Å². The highest BCUT2D eigenvalue weighted by Gasteiger charge is 2.15. The van der Waals surface area contributed by atoms with Crippen LogP contribution in [0.15, 0.2) is 40.8 Å². The van der Waals surface area contributed by atoms with E-state index in [1.807, 2.05) is 31.4 Å². The van der Waals surface area contributed by atoms with Gasteiger partial charge >= 0.3 is 5.97 Å². The van der Waals surface area contributed by atoms with Crippen molar-refractivity contribution in [3.63, 3.8) is 0 Å². The van der Waals surface area contributed by atoms with Crippen LogP contribution in [0.2, 0.25) is 0 Å². The van der Waals surface area contributed by atoms with E-state index in [1.165, 1.54) is 27.8 Å². The fourth-order valence-corrected chi connectivity index (χ4v) is 3.69. The van der Waals surface area contributed by atoms with Crippen molar-refractivity contribution in [3.8, 4) is 11.1 Å². The number of aromatic nitrogens is 2. The average molecular weight is 385 g/mol. The molecule has 3 aromatic rings. The third kappa shape index (κ3) is 4.27. The van der Waals surface area contributed by atoms with Gasteiger partial charge in [0.1, 0.15) is 11.4 Å². The first-order valence-electron chi connectivity index (χ1n) is 9.09. The van der Waals surface area contributed by atoms with E-state index in [9.17, 15) is 9.59 Å². The Balaban J connectivity index is 1.94. The molecule has 2 aromatic heterocycles. The Morgan fingerprint density at radius 1 is 1.19 bits per heavy atom. The standard InChI is InChI=1S/C21H24N2O3S/c1-13(2)10-26-18(24)9-23-12-22-20-19(21(23)25)17(11-27-20)16-7-5-15(6-8-16)14(3)4/h5-8,11-14H,9-10H2,1-4H3. The maximum atomic E-state index is 13.0. The number of ether oxygens (including phenoxy) is 1. The molecule has 5 nitrogen and oxygen atoms in total. The number of benzene rings is 1. The lowest BCUT2D eigenvalue weighted by molar-refractivity contribution is -0.145. The van der Waals surface area contributed by atoms with Crippen molar-refractivity contribution in [2.45, 2.75) is 40.2 Å². The molecule has 0 aliphatic carbocycles. The maximum absolute atomic E-state index is 13.0. The van der Waals surface area contributed by atoms with Crippen molar-refractivity contribution < 1.29 is 9.53 Å². The van der Waals surface area contributed by atoms with Gasteiger partial charge in [-0.2, -0.15) is 0 Å². The summed E-state index contributed by atoms with van der Waals surface area (Å²) in [4.78, 5) is 30.0. The quantitative estimate of drug-likeness (QED) is 0.589. The molecular formula is C21H24N2O3S. The first kappa shape index (κ1) is 19.3. The Morgan fingerprint density at radius 3 is 2.52 bits per heavy atom. The van der Waals surface area contributed by atoms with Crippen LogP contribution in [0.1, 0.15) is 39.2 Å². The SMILES string of the molecule is CC(C)COC(=O)Cn1cnc2scc(-c3ccc(C(C)C)cc3)c2c1=O. The molecule has 0 saturated heterocycles. The van der Waals surface area contributed by atoms with Crippen molar-refractivity contribution in [2.24, 2.45) is 5.92 Å². The van der Waals surface area contributed by atoms with Crippen molar-refractivity contribution >= 4 is 27.5 Å². The first-order valence-corrected chi connectivity index (χ1v) is 9.97. The minimum Gasteiger partial charge on any atom is -0.464 e. The molecule has 0 fully saturated rings. The molecule has 3 rings (SSSR count). The van der Waals surface area contributed by atoms with Crippen LogP contribution in [0.3, 0.4) is 0 Å². The van der Waals surface area contributed by atoms with Gasteiger partial charge in [0.25, 0.3) is 5.56 Å². The number of carbonyl (C=O) groups is 1. The Labute approximate surface area is 162 Å². The smallest absolute Gasteiger partial charge is 0.326 e. The highest BCUT2D eigenvalue weighted by molar-refractivity contribution is 7.17. The number of hydrogen-bond acceptors (Lipinski definition) is 5. The zero-order chi connectivity index (χ0) is 19.6. The van der Waals surface area contributed by atoms with Crippen molar-refractivity contribution in [2.75, 3.05) is 6.61 Å². The van der Waals surface area contributed by atoms with Gasteiger partial charge in [0.2, 0.25) is 0 Å². The van der Waals surface area contributed by atoms with E-state index in [-0.39, 0.29) is 18.0 Å². The fraction of sp³-hybridized carbons (Fsp3) is 0.381. The van der Waals surface area contributed by atoms with Gasteiger partial charge in [-0.15, -0.1) is 11.3 Å². The normalized spacial score (nSPS) is 11.5. The second-order valence-electron chi connectivity index (χ2n) is 7.36. The summed E-state index contributed by atoms with van der Waals surface area (Å²) >= 11 is 1.43. The molecular weight excluding hydrogens is 360 g/mol. The van der Waals surface area contributed by atoms with E-state index in [1.54, 1.807) is 0 Å². The van der Waals surface area contributed by atoms with Crippen molar-refractivity contribution in [1.29, 1.82) is 0 Å². The van der Waals surface area contributed by atoms with Gasteiger partial charge in [-0.25, -0.2) is 4.98 Å². The number of thiophene rings is 1. The molecule has 0 N–H and O–H groups in total. The van der Waals surface area contributed by atoms with Gasteiger partial charge in [0.05, 0.1) is 18.3 Å². The summed E-state index contributed by atoms with van der Waals surface area (Å²) in [6, 6.07) is 8.23. The van der Waals surface area contributed by atoms with E-state index in [0.717, 1.165) is 11.1 Å². The predicted molar refractivity (Wildman–Crippen MR) is 109 cm³/mol. The van der Waals surface area contributed by atoms with E-state index in [2.05, 4.69) is 31.0 Å². The maximum Gasteiger partial charge on any atom is 0.326 e. The van der Waals surface area contributed by atoms with Gasteiger partial charge in [-0.3, -0.25) is 14.2 Å². The zero-order valence-corrected chi connectivity index (χ0v) is 16.9. The third-order valence-electron chi connectivity index (χ3n) is 4.33. The van der Waals surface area contributed by atoms with Gasteiger partial charge in [-0.1, -0.05) is 52.0 Å². The topological polar surface area (TPSA) is 61.2 Å². The van der Waals surface area contributed by atoms with Gasteiger partial charge in [-0.05, 0) is 23.0 Å². The molecule has 27 heavy (non-hydrogen) atoms. The average Bonchev–Trinajstić information content (AvgIpc) is 3.07. The summed E-state index contributed by atoms with van der Waals surface area (Å²) in [6.07, 6.45) is 1.42. The second kappa shape index (κ2) is 8.05. The molecule has 1 aromatic carbocycles. The number of esters is 1. The fourth-order valence-electron chi connectivity index (χ4n) is 2.78. The Kier molecular flexibility index (Phi) is 5.75. The third-order valence-corrected chi connectivity index (χ3v) is 5.21. The minimum atomic E-state index is -0.426. The summed E-state index contributed by atoms with van der Waals surface area (Å²) in [5.74, 6) is 0.280. The van der Waals surface area contributed by atoms with Crippen LogP contribution >= 0.6 is 11.3 Å². The lowest BCUT2D eigenvalue weighted by Gasteiger charge is -2.09. The van der Waals surface area contributed by atoms with E-state index >= 15 is 0 Å². The monoisotopic (exact) mass is 384 g/mol. The molecule has 0 radical (unpaired) electrons. The van der Waals surface area contributed by atoms with Gasteiger partial charge < -0.3 is 4.74 Å². The van der Waals surface area contributed by atoms with Gasteiger partial charge in [0.15, 0.2) is 0 Å². The van der Waals surface area contributed by atoms with Crippen LogP contribution in [0.25, 0.3) is 21.3 Å². The Morgan fingerprint density at radius 2 is 1.89 bits per heavy atom. The molecule has 0 amide bonds. The van der Waals surface area contributed by atoms with Crippen LogP contribution < -0.4 is 5.56 Å². The Bertz CT molecular complexity index is 1000. The number of hydrogen-bond donors (Lipinski definition) is 0. The van der Waals surface area contributed by atoms with E-state index < -0.39 is 5.97 Å². The molecule has 142 valence electrons. The number of nitrogens with zero attached hydrogens (tertiary/aromatic N) is 2. The molecule has 0 aliphatic rings. The molecule has 0 aliphatic heterocycles. The zero-order valence-electron chi connectivity index (χ0n) is 16.1. The van der Waals surface area contributed by atoms with Crippen LogP contribution in [0.4, 0.5) is 0 Å². The highest BCUT2D eigenvalue weighted by Crippen LogP contribution is 2.31. The molecule has 2 heterocycles. The molecule has 0 bridgehead atoms. The summed E-state index contributed by atoms with van der Waals surface area (Å²) in [5, 5.41) is 2.50. The molecule has 0 spiro atoms. The van der Waals surface area contributed by atoms with E-state index in [0.29, 0.717) is 22.7 Å². The summed E-state index contributed by atoms with van der Waals surface area (Å²) < 4.78 is 6.51. The highest BCUT2D eigenvalue weighted by atomic mass is 32.1. The Hall–Kier alpha value is -2.47. The molecule has 0 unspecified atom stereocenters. The lowest BCUT2D eigenvalue weighted by atomic mass is 9.99. The van der Waals surface area contributed by atoms with Crippen molar-refractivity contribution in [1.82, 2.24) is 9.55 Å². The van der Waals surface area contributed by atoms with Crippen LogP contribution in [-0.4, -0.2) is 22.1 Å². The van der Waals surface area contributed by atoms with Crippen LogP contribution in [0.5, 0.6) is 0 Å².